The maximum atomic E-state index is 14.0. The Morgan fingerprint density at radius 1 is 1.20 bits per heavy atom. The molecule has 3 aliphatic rings. The van der Waals surface area contributed by atoms with Gasteiger partial charge in [0, 0.05) is 43.0 Å². The number of fused-ring (bicyclic) bond motifs is 3. The Labute approximate surface area is 229 Å². The van der Waals surface area contributed by atoms with Crippen LogP contribution in [0.5, 0.6) is 5.75 Å². The highest BCUT2D eigenvalue weighted by Gasteiger charge is 2.64. The average Bonchev–Trinajstić information content (AvgIpc) is 3.29. The first-order valence-corrected chi connectivity index (χ1v) is 12.7. The first kappa shape index (κ1) is 27.3. The van der Waals surface area contributed by atoms with Crippen molar-refractivity contribution in [2.24, 2.45) is 18.9 Å². The number of amides is 1. The van der Waals surface area contributed by atoms with Crippen molar-refractivity contribution in [3.63, 3.8) is 0 Å². The van der Waals surface area contributed by atoms with Gasteiger partial charge in [-0.1, -0.05) is 0 Å². The Morgan fingerprint density at radius 2 is 1.90 bits per heavy atom. The van der Waals surface area contributed by atoms with Crippen molar-refractivity contribution in [3.05, 3.63) is 63.9 Å². The highest BCUT2D eigenvalue weighted by Crippen LogP contribution is 2.53. The number of ketones is 3. The lowest BCUT2D eigenvalue weighted by Gasteiger charge is -2.50. The van der Waals surface area contributed by atoms with Crippen molar-refractivity contribution in [2.45, 2.75) is 30.9 Å². The largest absolute Gasteiger partial charge is 0.508 e. The van der Waals surface area contributed by atoms with Gasteiger partial charge in [0.1, 0.15) is 22.8 Å². The minimum Gasteiger partial charge on any atom is -0.508 e. The number of carbonyl (C=O) groups is 4. The maximum absolute atomic E-state index is 14.0. The number of aromatic hydroxyl groups is 1. The molecule has 12 nitrogen and oxygen atoms in total. The highest BCUT2D eigenvalue weighted by molar-refractivity contribution is 6.25. The highest BCUT2D eigenvalue weighted by atomic mass is 16.3. The number of hydrogen-bond acceptors (Lipinski definition) is 10. The SMILES string of the molecule is CNC(=O)C1=C(O)[C@@]2(O)C(=O)C3=C(O)c4c(O)ccc(C(=O)Cc5cncn5C)c4C[C@H]3C[C@H]2[C@H](N(C)C)C1=O. The number of aliphatic hydroxyl groups is 3. The van der Waals surface area contributed by atoms with Crippen LogP contribution in [0.25, 0.3) is 5.76 Å². The van der Waals surface area contributed by atoms with E-state index in [1.165, 1.54) is 24.1 Å². The summed E-state index contributed by atoms with van der Waals surface area (Å²) in [5.41, 5.74) is -2.51. The van der Waals surface area contributed by atoms with Crippen LogP contribution in [0.15, 0.2) is 41.6 Å². The van der Waals surface area contributed by atoms with Crippen LogP contribution in [0.2, 0.25) is 0 Å². The molecule has 1 heterocycles. The number of phenolic OH excluding ortho intramolecular Hbond substituents is 1. The molecule has 1 aromatic heterocycles. The second-order valence-electron chi connectivity index (χ2n) is 10.8. The van der Waals surface area contributed by atoms with Crippen LogP contribution < -0.4 is 5.32 Å². The van der Waals surface area contributed by atoms with E-state index in [-0.39, 0.29) is 47.5 Å². The number of aromatic nitrogens is 2. The summed E-state index contributed by atoms with van der Waals surface area (Å²) in [4.78, 5) is 58.8. The van der Waals surface area contributed by atoms with Gasteiger partial charge in [-0.05, 0) is 50.6 Å². The van der Waals surface area contributed by atoms with Gasteiger partial charge >= 0.3 is 0 Å². The van der Waals surface area contributed by atoms with E-state index in [1.54, 1.807) is 38.2 Å². The summed E-state index contributed by atoms with van der Waals surface area (Å²) in [5, 5.41) is 47.2. The predicted octanol–water partition coefficient (Wildman–Crippen LogP) is 0.384. The number of aliphatic hydroxyl groups excluding tert-OH is 2. The van der Waals surface area contributed by atoms with Crippen molar-refractivity contribution >= 4 is 29.0 Å². The van der Waals surface area contributed by atoms with E-state index < -0.39 is 58.0 Å². The normalized spacial score (nSPS) is 26.0. The lowest BCUT2D eigenvalue weighted by Crippen LogP contribution is -2.65. The summed E-state index contributed by atoms with van der Waals surface area (Å²) in [6.07, 6.45) is 3.15. The first-order chi connectivity index (χ1) is 18.8. The van der Waals surface area contributed by atoms with Crippen molar-refractivity contribution < 1.29 is 39.6 Å². The number of rotatable bonds is 5. The number of nitrogens with zero attached hydrogens (tertiary/aromatic N) is 3. The monoisotopic (exact) mass is 550 g/mol. The summed E-state index contributed by atoms with van der Waals surface area (Å²) in [6, 6.07) is 1.57. The molecule has 4 atom stereocenters. The number of likely N-dealkylation sites (N-methyl/N-ethyl adjacent to an activating group) is 2. The molecule has 1 fully saturated rings. The van der Waals surface area contributed by atoms with Crippen LogP contribution in [0, 0.1) is 11.8 Å². The Bertz CT molecular complexity index is 1550. The smallest absolute Gasteiger partial charge is 0.258 e. The Morgan fingerprint density at radius 3 is 2.50 bits per heavy atom. The number of phenols is 1. The van der Waals surface area contributed by atoms with Gasteiger partial charge in [0.2, 0.25) is 5.78 Å². The van der Waals surface area contributed by atoms with Crippen LogP contribution in [-0.4, -0.2) is 90.9 Å². The number of aryl methyl sites for hydroxylation is 1. The van der Waals surface area contributed by atoms with E-state index in [4.69, 9.17) is 0 Å². The van der Waals surface area contributed by atoms with Crippen molar-refractivity contribution in [1.29, 1.82) is 0 Å². The third-order valence-electron chi connectivity index (χ3n) is 8.37. The Hall–Kier alpha value is -4.29. The number of benzene rings is 1. The zero-order valence-corrected chi connectivity index (χ0v) is 22.4. The second kappa shape index (κ2) is 9.42. The second-order valence-corrected chi connectivity index (χ2v) is 10.8. The molecule has 12 heteroatoms. The van der Waals surface area contributed by atoms with Gasteiger partial charge in [0.05, 0.1) is 24.4 Å². The fourth-order valence-corrected chi connectivity index (χ4v) is 6.43. The Kier molecular flexibility index (Phi) is 6.42. The zero-order valence-electron chi connectivity index (χ0n) is 22.4. The fourth-order valence-electron chi connectivity index (χ4n) is 6.43. The molecule has 0 aliphatic heterocycles. The molecule has 40 heavy (non-hydrogen) atoms. The van der Waals surface area contributed by atoms with E-state index in [0.717, 1.165) is 0 Å². The first-order valence-electron chi connectivity index (χ1n) is 12.7. The molecular weight excluding hydrogens is 520 g/mol. The van der Waals surface area contributed by atoms with E-state index in [2.05, 4.69) is 10.3 Å². The number of carbonyl (C=O) groups excluding carboxylic acids is 4. The van der Waals surface area contributed by atoms with E-state index >= 15 is 0 Å². The predicted molar refractivity (Wildman–Crippen MR) is 140 cm³/mol. The molecule has 3 aliphatic carbocycles. The number of imidazole rings is 1. The van der Waals surface area contributed by atoms with Crippen LogP contribution in [0.4, 0.5) is 0 Å². The molecule has 1 saturated carbocycles. The summed E-state index contributed by atoms with van der Waals surface area (Å²) >= 11 is 0. The summed E-state index contributed by atoms with van der Waals surface area (Å²) in [5.74, 6) is -7.04. The molecule has 1 amide bonds. The number of Topliss-reactive ketones (excluding diaryl/α,β-unsaturated/α-hetero) is 3. The molecule has 5 N–H and O–H groups in total. The van der Waals surface area contributed by atoms with Gasteiger partial charge in [-0.15, -0.1) is 0 Å². The summed E-state index contributed by atoms with van der Waals surface area (Å²) < 4.78 is 1.70. The molecule has 5 rings (SSSR count). The zero-order chi connectivity index (χ0) is 29.3. The fraction of sp³-hybridized carbons (Fsp3) is 0.393. The molecule has 0 bridgehead atoms. The molecule has 0 unspecified atom stereocenters. The maximum Gasteiger partial charge on any atom is 0.258 e. The average molecular weight is 551 g/mol. The quantitative estimate of drug-likeness (QED) is 0.258. The van der Waals surface area contributed by atoms with Gasteiger partial charge in [-0.3, -0.25) is 24.1 Å². The van der Waals surface area contributed by atoms with E-state index in [0.29, 0.717) is 11.3 Å². The molecule has 2 aromatic rings. The number of nitrogens with one attached hydrogen (secondary N) is 1. The molecule has 0 saturated heterocycles. The van der Waals surface area contributed by atoms with E-state index in [1.807, 2.05) is 0 Å². The molecular formula is C28H30N4O8. The van der Waals surface area contributed by atoms with Gasteiger partial charge in [-0.25, -0.2) is 4.98 Å². The van der Waals surface area contributed by atoms with Crippen LogP contribution >= 0.6 is 0 Å². The standard InChI is InChI=1S/C28H30N4O8/c1-29-27(39)21-24(36)22(31(2)3)16-8-12-7-15-14(18(34)9-13-10-30-11-32(13)4)5-6-17(33)20(15)23(35)19(12)25(37)28(16,40)26(21)38/h5-6,10-12,16,22,33,35,38,40H,7-9H2,1-4H3,(H,29,39)/t12-,16-,22-,28-/m0/s1. The van der Waals surface area contributed by atoms with Gasteiger partial charge in [0.25, 0.3) is 5.91 Å². The molecule has 0 spiro atoms. The summed E-state index contributed by atoms with van der Waals surface area (Å²) in [7, 11) is 6.12. The third kappa shape index (κ3) is 3.70. The topological polar surface area (TPSA) is 182 Å². The van der Waals surface area contributed by atoms with Crippen LogP contribution in [-0.2, 0) is 34.3 Å². The Balaban J connectivity index is 1.67. The van der Waals surface area contributed by atoms with E-state index in [9.17, 15) is 39.6 Å². The minimum atomic E-state index is -2.68. The third-order valence-corrected chi connectivity index (χ3v) is 8.37. The van der Waals surface area contributed by atoms with Gasteiger partial charge in [0.15, 0.2) is 17.2 Å². The summed E-state index contributed by atoms with van der Waals surface area (Å²) in [6.45, 7) is 0. The van der Waals surface area contributed by atoms with Crippen LogP contribution in [0.1, 0.15) is 33.6 Å². The van der Waals surface area contributed by atoms with Gasteiger partial charge in [-0.2, -0.15) is 0 Å². The van der Waals surface area contributed by atoms with Crippen molar-refractivity contribution in [1.82, 2.24) is 19.8 Å². The van der Waals surface area contributed by atoms with Gasteiger partial charge < -0.3 is 30.3 Å². The minimum absolute atomic E-state index is 0.00909. The molecule has 1 aromatic carbocycles. The van der Waals surface area contributed by atoms with Crippen molar-refractivity contribution in [2.75, 3.05) is 21.1 Å². The number of hydrogen-bond donors (Lipinski definition) is 5. The lowest BCUT2D eigenvalue weighted by molar-refractivity contribution is -0.153. The molecule has 0 radical (unpaired) electrons. The lowest BCUT2D eigenvalue weighted by atomic mass is 9.57. The molecule has 210 valence electrons. The van der Waals surface area contributed by atoms with Crippen molar-refractivity contribution in [3.8, 4) is 5.75 Å². The van der Waals surface area contributed by atoms with Crippen LogP contribution in [0.3, 0.4) is 0 Å².